The number of likely N-dealkylation sites (N-methyl/N-ethyl adjacent to an activating group) is 1. The first kappa shape index (κ1) is 16.2. The van der Waals surface area contributed by atoms with Crippen LogP contribution in [0.3, 0.4) is 0 Å². The fourth-order valence-corrected chi connectivity index (χ4v) is 3.00. The first-order chi connectivity index (χ1) is 10.9. The fourth-order valence-electron chi connectivity index (χ4n) is 3.00. The lowest BCUT2D eigenvalue weighted by molar-refractivity contribution is -0.897. The van der Waals surface area contributed by atoms with Crippen molar-refractivity contribution in [2.75, 3.05) is 27.7 Å². The highest BCUT2D eigenvalue weighted by Gasteiger charge is 2.48. The highest BCUT2D eigenvalue weighted by Crippen LogP contribution is 2.41. The molecule has 122 valence electrons. The van der Waals surface area contributed by atoms with Crippen molar-refractivity contribution in [1.29, 1.82) is 0 Å². The van der Waals surface area contributed by atoms with E-state index in [4.69, 9.17) is 9.47 Å². The van der Waals surface area contributed by atoms with Gasteiger partial charge in [0.25, 0.3) is 0 Å². The molecule has 3 heteroatoms. The van der Waals surface area contributed by atoms with Gasteiger partial charge >= 0.3 is 0 Å². The fraction of sp³-hybridized carbons (Fsp3) is 0.400. The first-order valence-electron chi connectivity index (χ1n) is 8.17. The Kier molecular flexibility index (Phi) is 4.28. The van der Waals surface area contributed by atoms with Crippen LogP contribution in [0.25, 0.3) is 0 Å². The highest BCUT2D eigenvalue weighted by molar-refractivity contribution is 5.34. The minimum Gasteiger partial charge on any atom is -0.339 e. The number of ether oxygens (including phenoxy) is 2. The molecule has 0 amide bonds. The van der Waals surface area contributed by atoms with E-state index in [1.54, 1.807) is 0 Å². The van der Waals surface area contributed by atoms with E-state index in [2.05, 4.69) is 52.3 Å². The minimum absolute atomic E-state index is 0.0513. The molecular formula is C20H26NO2+. The lowest BCUT2D eigenvalue weighted by Gasteiger charge is -2.36. The van der Waals surface area contributed by atoms with Gasteiger partial charge in [-0.2, -0.15) is 0 Å². The van der Waals surface area contributed by atoms with Crippen molar-refractivity contribution in [3.05, 3.63) is 71.8 Å². The Labute approximate surface area is 139 Å². The number of hydrogen-bond acceptors (Lipinski definition) is 2. The smallest absolute Gasteiger partial charge is 0.223 e. The molecule has 2 atom stereocenters. The summed E-state index contributed by atoms with van der Waals surface area (Å²) in [7, 11) is 6.58. The summed E-state index contributed by atoms with van der Waals surface area (Å²) in [6.07, 6.45) is 0.0513. The SMILES string of the molecule is C[C@@H]([C@@H]1COC(c2ccccc2)(c2ccccc2)O1)[N+](C)(C)C. The van der Waals surface area contributed by atoms with Crippen molar-refractivity contribution in [2.45, 2.75) is 24.9 Å². The van der Waals surface area contributed by atoms with Gasteiger partial charge in [-0.15, -0.1) is 0 Å². The zero-order valence-corrected chi connectivity index (χ0v) is 14.4. The molecule has 3 nitrogen and oxygen atoms in total. The summed E-state index contributed by atoms with van der Waals surface area (Å²) in [5.41, 5.74) is 2.09. The second kappa shape index (κ2) is 6.08. The van der Waals surface area contributed by atoms with Gasteiger partial charge in [0.05, 0.1) is 27.7 Å². The molecule has 1 saturated heterocycles. The van der Waals surface area contributed by atoms with Gasteiger partial charge < -0.3 is 14.0 Å². The molecular weight excluding hydrogens is 286 g/mol. The van der Waals surface area contributed by atoms with E-state index in [9.17, 15) is 0 Å². The third-order valence-electron chi connectivity index (χ3n) is 4.84. The van der Waals surface area contributed by atoms with Crippen molar-refractivity contribution in [3.8, 4) is 0 Å². The monoisotopic (exact) mass is 312 g/mol. The van der Waals surface area contributed by atoms with Gasteiger partial charge in [-0.05, 0) is 6.92 Å². The molecule has 1 fully saturated rings. The molecule has 2 aromatic rings. The molecule has 0 radical (unpaired) electrons. The van der Waals surface area contributed by atoms with E-state index in [1.807, 2.05) is 36.4 Å². The summed E-state index contributed by atoms with van der Waals surface area (Å²) in [5.74, 6) is -0.809. The van der Waals surface area contributed by atoms with E-state index < -0.39 is 5.79 Å². The highest BCUT2D eigenvalue weighted by atomic mass is 16.7. The molecule has 0 N–H and O–H groups in total. The van der Waals surface area contributed by atoms with Gasteiger partial charge in [0.2, 0.25) is 5.79 Å². The number of nitrogens with zero attached hydrogens (tertiary/aromatic N) is 1. The van der Waals surface area contributed by atoms with Crippen LogP contribution in [0.1, 0.15) is 18.1 Å². The van der Waals surface area contributed by atoms with E-state index in [0.717, 1.165) is 15.6 Å². The van der Waals surface area contributed by atoms with Gasteiger partial charge in [0.1, 0.15) is 12.1 Å². The maximum absolute atomic E-state index is 6.57. The second-order valence-electron chi connectivity index (χ2n) is 7.17. The Morgan fingerprint density at radius 3 is 1.83 bits per heavy atom. The van der Waals surface area contributed by atoms with Crippen LogP contribution in [0.4, 0.5) is 0 Å². The molecule has 23 heavy (non-hydrogen) atoms. The van der Waals surface area contributed by atoms with Crippen LogP contribution in [-0.2, 0) is 15.3 Å². The Balaban J connectivity index is 2.00. The third-order valence-corrected chi connectivity index (χ3v) is 4.84. The molecule has 1 aliphatic heterocycles. The van der Waals surface area contributed by atoms with Gasteiger partial charge in [-0.1, -0.05) is 60.7 Å². The summed E-state index contributed by atoms with van der Waals surface area (Å²) in [6.45, 7) is 2.82. The van der Waals surface area contributed by atoms with Crippen LogP contribution in [0, 0.1) is 0 Å². The minimum atomic E-state index is -0.809. The van der Waals surface area contributed by atoms with Gasteiger partial charge in [-0.3, -0.25) is 0 Å². The Hall–Kier alpha value is -1.68. The molecule has 2 aromatic carbocycles. The number of rotatable bonds is 4. The molecule has 1 aliphatic rings. The van der Waals surface area contributed by atoms with Gasteiger partial charge in [0.15, 0.2) is 0 Å². The Bertz CT molecular complexity index is 594. The van der Waals surface area contributed by atoms with Crippen LogP contribution in [0.2, 0.25) is 0 Å². The molecule has 0 bridgehead atoms. The predicted octanol–water partition coefficient (Wildman–Crippen LogP) is 3.40. The Morgan fingerprint density at radius 1 is 0.913 bits per heavy atom. The topological polar surface area (TPSA) is 18.5 Å². The third kappa shape index (κ3) is 3.05. The molecule has 1 heterocycles. The van der Waals surface area contributed by atoms with E-state index in [-0.39, 0.29) is 6.10 Å². The molecule has 0 aliphatic carbocycles. The summed E-state index contributed by atoms with van der Waals surface area (Å²) in [5, 5.41) is 0. The summed E-state index contributed by atoms with van der Waals surface area (Å²) >= 11 is 0. The average molecular weight is 312 g/mol. The molecule has 0 saturated carbocycles. The van der Waals surface area contributed by atoms with Crippen LogP contribution >= 0.6 is 0 Å². The van der Waals surface area contributed by atoms with Crippen molar-refractivity contribution in [1.82, 2.24) is 0 Å². The van der Waals surface area contributed by atoms with Crippen LogP contribution in [-0.4, -0.2) is 44.4 Å². The van der Waals surface area contributed by atoms with Crippen LogP contribution < -0.4 is 0 Å². The zero-order valence-electron chi connectivity index (χ0n) is 14.4. The summed E-state index contributed by atoms with van der Waals surface area (Å²) < 4.78 is 13.7. The molecule has 0 unspecified atom stereocenters. The largest absolute Gasteiger partial charge is 0.339 e. The van der Waals surface area contributed by atoms with Crippen molar-refractivity contribution in [3.63, 3.8) is 0 Å². The number of benzene rings is 2. The predicted molar refractivity (Wildman–Crippen MR) is 92.0 cm³/mol. The average Bonchev–Trinajstić information content (AvgIpc) is 3.01. The maximum atomic E-state index is 6.57. The summed E-state index contributed by atoms with van der Waals surface area (Å²) in [6, 6.07) is 20.8. The Morgan fingerprint density at radius 2 is 1.39 bits per heavy atom. The van der Waals surface area contributed by atoms with Crippen LogP contribution in [0.5, 0.6) is 0 Å². The van der Waals surface area contributed by atoms with Gasteiger partial charge in [0, 0.05) is 11.1 Å². The molecule has 3 rings (SSSR count). The normalized spacial score (nSPS) is 22.0. The van der Waals surface area contributed by atoms with E-state index >= 15 is 0 Å². The quantitative estimate of drug-likeness (QED) is 0.806. The first-order valence-corrected chi connectivity index (χ1v) is 8.17. The van der Waals surface area contributed by atoms with Crippen molar-refractivity contribution < 1.29 is 14.0 Å². The number of quaternary nitrogens is 1. The molecule has 0 spiro atoms. The lowest BCUT2D eigenvalue weighted by atomic mass is 9.97. The number of hydrogen-bond donors (Lipinski definition) is 0. The van der Waals surface area contributed by atoms with Gasteiger partial charge in [-0.25, -0.2) is 0 Å². The van der Waals surface area contributed by atoms with Crippen molar-refractivity contribution >= 4 is 0 Å². The van der Waals surface area contributed by atoms with Crippen LogP contribution in [0.15, 0.2) is 60.7 Å². The van der Waals surface area contributed by atoms with Crippen molar-refractivity contribution in [2.24, 2.45) is 0 Å². The summed E-state index contributed by atoms with van der Waals surface area (Å²) in [4.78, 5) is 0. The second-order valence-corrected chi connectivity index (χ2v) is 7.17. The standard InChI is InChI=1S/C20H26NO2/c1-16(21(2,3)4)19-15-22-20(23-19,17-11-7-5-8-12-17)18-13-9-6-10-14-18/h5-14,16,19H,15H2,1-4H3/q+1/t16-,19-/m0/s1. The zero-order chi connectivity index (χ0) is 16.5. The van der Waals surface area contributed by atoms with E-state index in [0.29, 0.717) is 12.6 Å². The lowest BCUT2D eigenvalue weighted by Crippen LogP contribution is -2.51. The van der Waals surface area contributed by atoms with E-state index in [1.165, 1.54) is 0 Å². The molecule has 0 aromatic heterocycles. The maximum Gasteiger partial charge on any atom is 0.223 e.